The zero-order valence-electron chi connectivity index (χ0n) is 21.0. The Morgan fingerprint density at radius 3 is 2.46 bits per heavy atom. The van der Waals surface area contributed by atoms with Gasteiger partial charge in [0.15, 0.2) is 0 Å². The van der Waals surface area contributed by atoms with Crippen molar-refractivity contribution in [2.24, 2.45) is 5.92 Å². The van der Waals surface area contributed by atoms with Crippen LogP contribution in [0.3, 0.4) is 0 Å². The van der Waals surface area contributed by atoms with Gasteiger partial charge in [0.05, 0.1) is 11.1 Å². The molecule has 1 aliphatic carbocycles. The van der Waals surface area contributed by atoms with Gasteiger partial charge in [-0.15, -0.1) is 0 Å². The van der Waals surface area contributed by atoms with Crippen molar-refractivity contribution < 1.29 is 17.6 Å². The molecule has 1 atom stereocenters. The lowest BCUT2D eigenvalue weighted by Crippen LogP contribution is -2.19. The summed E-state index contributed by atoms with van der Waals surface area (Å²) in [6, 6.07) is 8.38. The minimum absolute atomic E-state index is 0.231. The summed E-state index contributed by atoms with van der Waals surface area (Å²) < 4.78 is 49.9. The SMILES string of the molecule is CCC(C)CC(F)(F)F.CN/C=C(\C=C/Cc1c(C#N)c2ccc(CF)cc2n1C1CCC1)NC. The van der Waals surface area contributed by atoms with Crippen LogP contribution in [-0.4, -0.2) is 24.8 Å². The third-order valence-electron chi connectivity index (χ3n) is 6.35. The van der Waals surface area contributed by atoms with E-state index in [9.17, 15) is 22.8 Å². The summed E-state index contributed by atoms with van der Waals surface area (Å²) in [4.78, 5) is 0. The minimum Gasteiger partial charge on any atom is -0.392 e. The second-order valence-corrected chi connectivity index (χ2v) is 8.95. The third-order valence-corrected chi connectivity index (χ3v) is 6.35. The van der Waals surface area contributed by atoms with Crippen LogP contribution in [-0.2, 0) is 13.1 Å². The topological polar surface area (TPSA) is 52.8 Å². The van der Waals surface area contributed by atoms with Crippen LogP contribution in [0, 0.1) is 17.2 Å². The molecule has 0 amide bonds. The summed E-state index contributed by atoms with van der Waals surface area (Å²) in [5.74, 6) is -0.231. The Morgan fingerprint density at radius 2 is 2.00 bits per heavy atom. The fourth-order valence-corrected chi connectivity index (χ4v) is 4.08. The molecule has 0 radical (unpaired) electrons. The lowest BCUT2D eigenvalue weighted by molar-refractivity contribution is -0.143. The molecule has 3 rings (SSSR count). The molecule has 8 heteroatoms. The Balaban J connectivity index is 0.000000410. The summed E-state index contributed by atoms with van der Waals surface area (Å²) in [6.07, 6.45) is 6.04. The summed E-state index contributed by atoms with van der Waals surface area (Å²) in [5, 5.41) is 16.8. The standard InChI is InChI=1S/C21H25FN4.C6H11F3/c1-24-14-16(25-2)5-3-8-20-19(13-23)18-10-9-15(12-22)11-21(18)26(20)17-6-4-7-17;1-3-5(2)4-6(7,8)9/h3,5,9-11,14,17,24-25H,4,6-8,12H2,1-2H3;5H,3-4H2,1-2H3/b5-3-,16-14+;. The second-order valence-electron chi connectivity index (χ2n) is 8.95. The predicted octanol–water partition coefficient (Wildman–Crippen LogP) is 7.07. The predicted molar refractivity (Wildman–Crippen MR) is 134 cm³/mol. The maximum atomic E-state index is 13.2. The smallest absolute Gasteiger partial charge is 0.389 e. The van der Waals surface area contributed by atoms with Crippen LogP contribution >= 0.6 is 0 Å². The number of benzene rings is 1. The van der Waals surface area contributed by atoms with Gasteiger partial charge in [-0.25, -0.2) is 4.39 Å². The van der Waals surface area contributed by atoms with E-state index < -0.39 is 19.3 Å². The van der Waals surface area contributed by atoms with Crippen LogP contribution in [0.1, 0.15) is 68.8 Å². The molecule has 0 saturated heterocycles. The van der Waals surface area contributed by atoms with Gasteiger partial charge < -0.3 is 15.2 Å². The molecule has 1 aliphatic rings. The van der Waals surface area contributed by atoms with Crippen molar-refractivity contribution in [1.29, 1.82) is 5.26 Å². The van der Waals surface area contributed by atoms with Crippen molar-refractivity contribution in [3.05, 3.63) is 59.1 Å². The average molecular weight is 493 g/mol. The largest absolute Gasteiger partial charge is 0.392 e. The van der Waals surface area contributed by atoms with E-state index in [-0.39, 0.29) is 5.92 Å². The van der Waals surface area contributed by atoms with Gasteiger partial charge >= 0.3 is 6.18 Å². The number of nitrogens with one attached hydrogen (secondary N) is 2. The molecule has 1 heterocycles. The highest BCUT2D eigenvalue weighted by Crippen LogP contribution is 2.39. The van der Waals surface area contributed by atoms with E-state index in [1.165, 1.54) is 6.42 Å². The van der Waals surface area contributed by atoms with Gasteiger partial charge in [0.25, 0.3) is 0 Å². The summed E-state index contributed by atoms with van der Waals surface area (Å²) >= 11 is 0. The molecule has 0 aliphatic heterocycles. The zero-order valence-corrected chi connectivity index (χ0v) is 21.0. The molecule has 1 aromatic heterocycles. The molecule has 1 aromatic carbocycles. The maximum Gasteiger partial charge on any atom is 0.389 e. The lowest BCUT2D eigenvalue weighted by Gasteiger charge is -2.30. The van der Waals surface area contributed by atoms with Gasteiger partial charge in [0.1, 0.15) is 12.7 Å². The molecular formula is C27H36F4N4. The monoisotopic (exact) mass is 492 g/mol. The van der Waals surface area contributed by atoms with Crippen molar-refractivity contribution >= 4 is 10.9 Å². The van der Waals surface area contributed by atoms with Gasteiger partial charge in [-0.1, -0.05) is 38.5 Å². The second kappa shape index (κ2) is 13.2. The highest BCUT2D eigenvalue weighted by molar-refractivity contribution is 5.89. The molecule has 192 valence electrons. The van der Waals surface area contributed by atoms with Gasteiger partial charge in [-0.05, 0) is 42.9 Å². The number of halogens is 4. The third kappa shape index (κ3) is 7.78. The van der Waals surface area contributed by atoms with E-state index in [1.54, 1.807) is 19.9 Å². The van der Waals surface area contributed by atoms with Gasteiger partial charge in [-0.3, -0.25) is 0 Å². The summed E-state index contributed by atoms with van der Waals surface area (Å²) in [7, 11) is 3.73. The summed E-state index contributed by atoms with van der Waals surface area (Å²) in [5.41, 5.74) is 4.36. The first kappa shape index (κ1) is 28.3. The van der Waals surface area contributed by atoms with E-state index >= 15 is 0 Å². The number of likely N-dealkylation sites (N-methyl/N-ethyl adjacent to an activating group) is 1. The molecule has 2 aromatic rings. The highest BCUT2D eigenvalue weighted by Gasteiger charge is 2.29. The van der Waals surface area contributed by atoms with Crippen molar-refractivity contribution in [3.8, 4) is 6.07 Å². The van der Waals surface area contributed by atoms with E-state index in [0.29, 0.717) is 30.0 Å². The Kier molecular flexibility index (Phi) is 10.7. The Bertz CT molecular complexity index is 1060. The normalized spacial score (nSPS) is 15.3. The summed E-state index contributed by atoms with van der Waals surface area (Å²) in [6.45, 7) is 2.88. The molecule has 1 fully saturated rings. The average Bonchev–Trinajstić information content (AvgIpc) is 3.08. The number of fused-ring (bicyclic) bond motifs is 1. The van der Waals surface area contributed by atoms with Crippen molar-refractivity contribution in [2.75, 3.05) is 14.1 Å². The van der Waals surface area contributed by atoms with Crippen LogP contribution < -0.4 is 10.6 Å². The first-order valence-corrected chi connectivity index (χ1v) is 12.1. The lowest BCUT2D eigenvalue weighted by atomic mass is 9.92. The van der Waals surface area contributed by atoms with Crippen molar-refractivity contribution in [1.82, 2.24) is 15.2 Å². The van der Waals surface area contributed by atoms with Gasteiger partial charge in [-0.2, -0.15) is 18.4 Å². The molecule has 35 heavy (non-hydrogen) atoms. The van der Waals surface area contributed by atoms with E-state index in [4.69, 9.17) is 0 Å². The molecule has 2 N–H and O–H groups in total. The Hall–Kier alpha value is -2.95. The van der Waals surface area contributed by atoms with Crippen molar-refractivity contribution in [3.63, 3.8) is 0 Å². The molecule has 0 bridgehead atoms. The number of nitrogens with zero attached hydrogens (tertiary/aromatic N) is 2. The molecular weight excluding hydrogens is 456 g/mol. The number of rotatable bonds is 9. The number of allylic oxidation sites excluding steroid dienone is 2. The first-order valence-electron chi connectivity index (χ1n) is 12.1. The van der Waals surface area contributed by atoms with Crippen molar-refractivity contribution in [2.45, 2.75) is 71.3 Å². The number of nitriles is 1. The quantitative estimate of drug-likeness (QED) is 0.291. The van der Waals surface area contributed by atoms with Gasteiger partial charge in [0, 0.05) is 56.0 Å². The molecule has 0 spiro atoms. The molecule has 4 nitrogen and oxygen atoms in total. The Morgan fingerprint density at radius 1 is 1.29 bits per heavy atom. The zero-order chi connectivity index (χ0) is 26.0. The highest BCUT2D eigenvalue weighted by atomic mass is 19.4. The van der Waals surface area contributed by atoms with Crippen LogP contribution in [0.2, 0.25) is 0 Å². The number of alkyl halides is 4. The van der Waals surface area contributed by atoms with E-state index in [1.807, 2.05) is 38.5 Å². The van der Waals surface area contributed by atoms with E-state index in [2.05, 4.69) is 27.3 Å². The number of aromatic nitrogens is 1. The number of hydrogen-bond acceptors (Lipinski definition) is 3. The van der Waals surface area contributed by atoms with E-state index in [0.717, 1.165) is 35.1 Å². The van der Waals surface area contributed by atoms with Crippen LogP contribution in [0.5, 0.6) is 0 Å². The fourth-order valence-electron chi connectivity index (χ4n) is 4.08. The van der Waals surface area contributed by atoms with Crippen LogP contribution in [0.4, 0.5) is 17.6 Å². The minimum atomic E-state index is -3.98. The van der Waals surface area contributed by atoms with Crippen LogP contribution in [0.15, 0.2) is 42.2 Å². The van der Waals surface area contributed by atoms with Gasteiger partial charge in [0.2, 0.25) is 0 Å². The number of hydrogen-bond donors (Lipinski definition) is 2. The molecule has 1 saturated carbocycles. The first-order chi connectivity index (χ1) is 16.7. The molecule has 1 unspecified atom stereocenters. The van der Waals surface area contributed by atoms with Crippen LogP contribution in [0.25, 0.3) is 10.9 Å². The fraction of sp³-hybridized carbons (Fsp3) is 0.519. The maximum absolute atomic E-state index is 13.2. The Labute approximate surface area is 205 Å².